The Morgan fingerprint density at radius 3 is 2.40 bits per heavy atom. The maximum atomic E-state index is 13.9. The molecule has 1 aromatic carbocycles. The number of aromatic nitrogens is 3. The van der Waals surface area contributed by atoms with Gasteiger partial charge in [0.1, 0.15) is 5.69 Å². The summed E-state index contributed by atoms with van der Waals surface area (Å²) in [5, 5.41) is 3.68. The average Bonchev–Trinajstić information content (AvgIpc) is 2.84. The number of nitrogens with zero attached hydrogens (tertiary/aromatic N) is 3. The first-order valence-corrected chi connectivity index (χ1v) is 12.7. The topological polar surface area (TPSA) is 59.9 Å². The summed E-state index contributed by atoms with van der Waals surface area (Å²) in [6.07, 6.45) is -3.33. The third-order valence-corrected chi connectivity index (χ3v) is 6.61. The van der Waals surface area contributed by atoms with Crippen molar-refractivity contribution in [2.45, 2.75) is 16.7 Å². The Labute approximate surface area is 207 Å². The Kier molecular flexibility index (Phi) is 7.08. The molecule has 11 heteroatoms. The molecular weight excluding hydrogens is 582 g/mol. The van der Waals surface area contributed by atoms with Gasteiger partial charge in [-0.1, -0.05) is 16.6 Å². The normalized spacial score (nSPS) is 12.2. The molecule has 0 radical (unpaired) electrons. The van der Waals surface area contributed by atoms with E-state index in [9.17, 15) is 22.0 Å². The van der Waals surface area contributed by atoms with Crippen molar-refractivity contribution in [3.63, 3.8) is 0 Å². The third-order valence-electron chi connectivity index (χ3n) is 5.03. The lowest BCUT2D eigenvalue weighted by molar-refractivity contribution is -0.137. The van der Waals surface area contributed by atoms with Crippen LogP contribution in [-0.2, 0) is 21.4 Å². The lowest BCUT2D eigenvalue weighted by atomic mass is 10.1. The van der Waals surface area contributed by atoms with Gasteiger partial charge in [0.05, 0.1) is 29.2 Å². The molecule has 3 heterocycles. The van der Waals surface area contributed by atoms with Crippen LogP contribution < -0.4 is 5.32 Å². The molecule has 0 amide bonds. The Morgan fingerprint density at radius 1 is 1.00 bits per heavy atom. The van der Waals surface area contributed by atoms with Gasteiger partial charge in [-0.25, -0.2) is 9.97 Å². The van der Waals surface area contributed by atoms with E-state index in [1.54, 1.807) is 12.1 Å². The molecule has 4 aromatic rings. The molecule has 182 valence electrons. The van der Waals surface area contributed by atoms with Crippen molar-refractivity contribution in [1.82, 2.24) is 15.0 Å². The number of anilines is 2. The second kappa shape index (κ2) is 9.90. The van der Waals surface area contributed by atoms with E-state index in [2.05, 4.69) is 24.8 Å². The summed E-state index contributed by atoms with van der Waals surface area (Å²) in [5.41, 5.74) is 0.449. The van der Waals surface area contributed by atoms with Crippen molar-refractivity contribution in [2.75, 3.05) is 12.4 Å². The Morgan fingerprint density at radius 2 is 1.74 bits per heavy atom. The standard InChI is InChI=1S/C24H18F5IN4O/c1-30-24(28,29)14-5-7-15(8-6-14)32-20-12-16(13-35-2)33-22-17(20)9-10-19(34-22)21-18(23(25,26)27)4-3-11-31-21/h3-12H,1,13H2,2H3,(H,32,33,34). The van der Waals surface area contributed by atoms with Gasteiger partial charge < -0.3 is 10.1 Å². The summed E-state index contributed by atoms with van der Waals surface area (Å²) in [4.78, 5) is 12.7. The van der Waals surface area contributed by atoms with Crippen LogP contribution in [0.4, 0.5) is 33.3 Å². The molecule has 3 aromatic heterocycles. The molecule has 35 heavy (non-hydrogen) atoms. The lowest BCUT2D eigenvalue weighted by Crippen LogP contribution is -2.09. The minimum atomic E-state index is -4.60. The molecule has 0 fully saturated rings. The number of benzene rings is 1. The maximum absolute atomic E-state index is 13.9. The van der Waals surface area contributed by atoms with Crippen molar-refractivity contribution < 1.29 is 26.7 Å². The summed E-state index contributed by atoms with van der Waals surface area (Å²) in [7, 11) is 1.48. The molecule has 0 aliphatic heterocycles. The van der Waals surface area contributed by atoms with Gasteiger partial charge in [0.25, 0.3) is 0 Å². The van der Waals surface area contributed by atoms with Gasteiger partial charge in [-0.05, 0) is 63.2 Å². The van der Waals surface area contributed by atoms with Crippen molar-refractivity contribution in [2.24, 2.45) is 0 Å². The first-order valence-electron chi connectivity index (χ1n) is 10.1. The minimum absolute atomic E-state index is 0.0153. The van der Waals surface area contributed by atoms with Crippen molar-refractivity contribution in [3.05, 3.63) is 77.6 Å². The van der Waals surface area contributed by atoms with Crippen LogP contribution in [0.1, 0.15) is 16.8 Å². The predicted molar refractivity (Wildman–Crippen MR) is 133 cm³/mol. The van der Waals surface area contributed by atoms with Gasteiger partial charge in [0, 0.05) is 29.9 Å². The fourth-order valence-corrected chi connectivity index (χ4v) is 4.23. The fraction of sp³-hybridized carbons (Fsp3) is 0.167. The van der Waals surface area contributed by atoms with Gasteiger partial charge in [-0.15, -0.1) is 0 Å². The second-order valence-corrected chi connectivity index (χ2v) is 9.51. The number of hydrogen-bond donors (Lipinski definition) is 1. The van der Waals surface area contributed by atoms with E-state index < -0.39 is 36.4 Å². The maximum Gasteiger partial charge on any atom is 0.418 e. The Hall–Kier alpha value is -3.06. The van der Waals surface area contributed by atoms with Crippen LogP contribution in [0, 0.1) is 0 Å². The highest BCUT2D eigenvalue weighted by Gasteiger charge is 2.34. The largest absolute Gasteiger partial charge is 0.418 e. The van der Waals surface area contributed by atoms with E-state index in [1.807, 2.05) is 0 Å². The summed E-state index contributed by atoms with van der Waals surface area (Å²) in [6.45, 7) is 0.131. The van der Waals surface area contributed by atoms with Crippen molar-refractivity contribution in [1.29, 1.82) is 0 Å². The zero-order valence-corrected chi connectivity index (χ0v) is 20.4. The van der Waals surface area contributed by atoms with Crippen LogP contribution in [0.25, 0.3) is 22.4 Å². The molecule has 0 aliphatic rings. The molecule has 1 N–H and O–H groups in total. The lowest BCUT2D eigenvalue weighted by Gasteiger charge is -2.15. The van der Waals surface area contributed by atoms with Gasteiger partial charge in [-0.3, -0.25) is 4.98 Å². The van der Waals surface area contributed by atoms with Crippen molar-refractivity contribution >= 4 is 47.7 Å². The molecule has 0 spiro atoms. The summed E-state index contributed by atoms with van der Waals surface area (Å²) in [5.74, 6) is 0. The molecule has 0 aliphatic carbocycles. The third kappa shape index (κ3) is 5.45. The molecule has 5 nitrogen and oxygen atoms in total. The van der Waals surface area contributed by atoms with E-state index in [0.29, 0.717) is 22.5 Å². The van der Waals surface area contributed by atoms with E-state index in [4.69, 9.17) is 4.74 Å². The van der Waals surface area contributed by atoms with Gasteiger partial charge in [0.15, 0.2) is 5.65 Å². The number of nitrogens with one attached hydrogen (secondary N) is 1. The van der Waals surface area contributed by atoms with Gasteiger partial charge in [-0.2, -0.15) is 22.0 Å². The van der Waals surface area contributed by atoms with Crippen LogP contribution in [0.5, 0.6) is 0 Å². The highest BCUT2D eigenvalue weighted by atomic mass is 127. The monoisotopic (exact) mass is 600 g/mol. The molecular formula is C24H18F5IN4O. The zero-order valence-electron chi connectivity index (χ0n) is 18.2. The summed E-state index contributed by atoms with van der Waals surface area (Å²) in [6, 6.07) is 12.6. The Bertz CT molecular complexity index is 1380. The molecule has 0 saturated carbocycles. The molecule has 0 unspecified atom stereocenters. The number of fused-ring (bicyclic) bond motifs is 1. The molecule has 0 atom stereocenters. The number of ether oxygens (including phenoxy) is 1. The number of halogens is 6. The highest BCUT2D eigenvalue weighted by Crippen LogP contribution is 2.39. The molecule has 0 bridgehead atoms. The van der Waals surface area contributed by atoms with E-state index in [1.165, 1.54) is 49.7 Å². The SMILES string of the molecule is C=IC(F)(F)c1ccc(Nc2cc(COC)nc3nc(-c4ncccc4C(F)(F)F)ccc23)cc1. The van der Waals surface area contributed by atoms with E-state index >= 15 is 0 Å². The minimum Gasteiger partial charge on any atom is -0.378 e. The Balaban J connectivity index is 1.77. The summed E-state index contributed by atoms with van der Waals surface area (Å²) < 4.78 is 73.9. The van der Waals surface area contributed by atoms with E-state index in [0.717, 1.165) is 6.07 Å². The predicted octanol–water partition coefficient (Wildman–Crippen LogP) is 7.05. The van der Waals surface area contributed by atoms with Gasteiger partial charge >= 0.3 is 10.1 Å². The van der Waals surface area contributed by atoms with Gasteiger partial charge in [0.2, 0.25) is 0 Å². The first-order chi connectivity index (χ1) is 16.6. The number of pyridine rings is 3. The number of rotatable bonds is 7. The number of alkyl halides is 6. The second-order valence-electron chi connectivity index (χ2n) is 7.39. The highest BCUT2D eigenvalue weighted by molar-refractivity contribution is 14.2. The van der Waals surface area contributed by atoms with Crippen molar-refractivity contribution in [3.8, 4) is 11.4 Å². The fourth-order valence-electron chi connectivity index (χ4n) is 3.43. The molecule has 4 rings (SSSR count). The van der Waals surface area contributed by atoms with Crippen LogP contribution in [0.3, 0.4) is 0 Å². The van der Waals surface area contributed by atoms with E-state index in [-0.39, 0.29) is 29.2 Å². The van der Waals surface area contributed by atoms with Crippen LogP contribution in [-0.4, -0.2) is 26.6 Å². The zero-order chi connectivity index (χ0) is 25.2. The van der Waals surface area contributed by atoms with Crippen LogP contribution in [0.15, 0.2) is 60.8 Å². The number of methoxy groups -OCH3 is 1. The average molecular weight is 600 g/mol. The first kappa shape index (κ1) is 25.0. The quantitative estimate of drug-likeness (QED) is 0.140. The van der Waals surface area contributed by atoms with Crippen LogP contribution >= 0.6 is 20.7 Å². The smallest absolute Gasteiger partial charge is 0.378 e. The van der Waals surface area contributed by atoms with Crippen LogP contribution in [0.2, 0.25) is 0 Å². The number of hydrogen-bond acceptors (Lipinski definition) is 5. The summed E-state index contributed by atoms with van der Waals surface area (Å²) >= 11 is -1.55. The molecule has 0 saturated heterocycles.